The number of ether oxygens (including phenoxy) is 2. The lowest BCUT2D eigenvalue weighted by molar-refractivity contribution is -0.118. The van der Waals surface area contributed by atoms with E-state index in [1.165, 1.54) is 11.8 Å². The molecule has 3 rings (SSSR count). The zero-order chi connectivity index (χ0) is 19.8. The Kier molecular flexibility index (Phi) is 6.85. The number of pyridine rings is 1. The molecule has 1 aromatic carbocycles. The highest BCUT2D eigenvalue weighted by Gasteiger charge is 2.12. The third-order valence-corrected chi connectivity index (χ3v) is 4.88. The molecule has 2 heterocycles. The summed E-state index contributed by atoms with van der Waals surface area (Å²) in [4.78, 5) is 16.1. The Bertz CT molecular complexity index is 917. The number of carbonyl (C=O) groups excluding carboxylic acids is 1. The van der Waals surface area contributed by atoms with Crippen molar-refractivity contribution < 1.29 is 14.3 Å². The Hall–Kier alpha value is -3.07. The average molecular weight is 399 g/mol. The number of benzene rings is 1. The van der Waals surface area contributed by atoms with Gasteiger partial charge in [0.05, 0.1) is 19.4 Å². The summed E-state index contributed by atoms with van der Waals surface area (Å²) in [7, 11) is 3.46. The van der Waals surface area contributed by atoms with Gasteiger partial charge in [0.15, 0.2) is 22.5 Å². The fourth-order valence-corrected chi connectivity index (χ4v) is 3.20. The van der Waals surface area contributed by atoms with Crippen molar-refractivity contribution in [2.45, 2.75) is 5.16 Å². The molecule has 1 amide bonds. The van der Waals surface area contributed by atoms with Gasteiger partial charge in [0.25, 0.3) is 0 Å². The van der Waals surface area contributed by atoms with Crippen molar-refractivity contribution >= 4 is 17.7 Å². The van der Waals surface area contributed by atoms with Crippen LogP contribution >= 0.6 is 11.8 Å². The number of hydrogen-bond acceptors (Lipinski definition) is 7. The molecular weight excluding hydrogens is 378 g/mol. The minimum atomic E-state index is -0.0953. The highest BCUT2D eigenvalue weighted by atomic mass is 32.2. The summed E-state index contributed by atoms with van der Waals surface area (Å²) in [5.41, 5.74) is 0.926. The van der Waals surface area contributed by atoms with Gasteiger partial charge < -0.3 is 19.4 Å². The van der Waals surface area contributed by atoms with E-state index in [0.717, 1.165) is 11.4 Å². The van der Waals surface area contributed by atoms with Crippen molar-refractivity contribution in [1.82, 2.24) is 25.1 Å². The maximum atomic E-state index is 12.1. The number of rotatable bonds is 9. The zero-order valence-corrected chi connectivity index (χ0v) is 16.5. The van der Waals surface area contributed by atoms with Crippen LogP contribution in [0.15, 0.2) is 53.9 Å². The molecule has 0 aliphatic carbocycles. The van der Waals surface area contributed by atoms with Crippen LogP contribution in [0.3, 0.4) is 0 Å². The molecule has 0 spiro atoms. The first-order valence-electron chi connectivity index (χ1n) is 8.64. The van der Waals surface area contributed by atoms with Crippen molar-refractivity contribution in [3.05, 3.63) is 48.8 Å². The lowest BCUT2D eigenvalue weighted by Crippen LogP contribution is -2.29. The van der Waals surface area contributed by atoms with Crippen LogP contribution in [-0.4, -0.2) is 51.7 Å². The molecule has 0 saturated carbocycles. The third-order valence-electron chi connectivity index (χ3n) is 3.86. The van der Waals surface area contributed by atoms with Gasteiger partial charge in [0, 0.05) is 25.0 Å². The van der Waals surface area contributed by atoms with E-state index in [9.17, 15) is 4.79 Å². The number of hydrogen-bond donors (Lipinski definition) is 1. The molecule has 0 saturated heterocycles. The Morgan fingerprint density at radius 1 is 1.14 bits per heavy atom. The first-order chi connectivity index (χ1) is 13.7. The number of methoxy groups -OCH3 is 1. The van der Waals surface area contributed by atoms with Crippen LogP contribution in [0.1, 0.15) is 0 Å². The summed E-state index contributed by atoms with van der Waals surface area (Å²) in [5, 5.41) is 11.8. The normalized spacial score (nSPS) is 10.5. The second kappa shape index (κ2) is 9.75. The first-order valence-corrected chi connectivity index (χ1v) is 9.62. The molecule has 0 bridgehead atoms. The molecule has 2 aromatic heterocycles. The largest absolute Gasteiger partial charge is 0.493 e. The van der Waals surface area contributed by atoms with Gasteiger partial charge in [-0.25, -0.2) is 0 Å². The number of nitrogens with one attached hydrogen (secondary N) is 1. The Morgan fingerprint density at radius 2 is 1.89 bits per heavy atom. The highest BCUT2D eigenvalue weighted by Crippen LogP contribution is 2.25. The molecule has 0 aliphatic heterocycles. The summed E-state index contributed by atoms with van der Waals surface area (Å²) in [6.07, 6.45) is 3.41. The number of carbonyl (C=O) groups is 1. The molecule has 3 aromatic rings. The van der Waals surface area contributed by atoms with Gasteiger partial charge in [-0.05, 0) is 24.3 Å². The minimum Gasteiger partial charge on any atom is -0.493 e. The maximum Gasteiger partial charge on any atom is 0.230 e. The standard InChI is InChI=1S/C19H21N5O3S/c1-24-18(14-7-9-20-10-8-14)22-23-19(24)28-13-17(25)21-11-12-27-16-6-4-3-5-15(16)26-2/h3-10H,11-13H2,1-2H3,(H,21,25). The molecule has 9 heteroatoms. The third kappa shape index (κ3) is 5.01. The summed E-state index contributed by atoms with van der Waals surface area (Å²) in [6, 6.07) is 11.1. The molecular formula is C19H21N5O3S. The van der Waals surface area contributed by atoms with E-state index in [4.69, 9.17) is 9.47 Å². The molecule has 0 radical (unpaired) electrons. The van der Waals surface area contributed by atoms with Gasteiger partial charge in [-0.15, -0.1) is 10.2 Å². The molecule has 146 valence electrons. The van der Waals surface area contributed by atoms with Gasteiger partial charge in [0.1, 0.15) is 6.61 Å². The Balaban J connectivity index is 1.43. The highest BCUT2D eigenvalue weighted by molar-refractivity contribution is 7.99. The smallest absolute Gasteiger partial charge is 0.230 e. The van der Waals surface area contributed by atoms with Crippen molar-refractivity contribution in [3.63, 3.8) is 0 Å². The van der Waals surface area contributed by atoms with E-state index in [0.29, 0.717) is 29.8 Å². The summed E-state index contributed by atoms with van der Waals surface area (Å²) < 4.78 is 12.7. The van der Waals surface area contributed by atoms with Gasteiger partial charge in [-0.3, -0.25) is 9.78 Å². The summed E-state index contributed by atoms with van der Waals surface area (Å²) >= 11 is 1.33. The monoisotopic (exact) mass is 399 g/mol. The minimum absolute atomic E-state index is 0.0953. The molecule has 0 unspecified atom stereocenters. The molecule has 0 atom stereocenters. The Labute approximate surface area is 167 Å². The Morgan fingerprint density at radius 3 is 2.64 bits per heavy atom. The number of thioether (sulfide) groups is 1. The summed E-state index contributed by atoms with van der Waals surface area (Å²) in [5.74, 6) is 2.20. The maximum absolute atomic E-state index is 12.1. The van der Waals surface area contributed by atoms with Crippen LogP contribution in [0.25, 0.3) is 11.4 Å². The van der Waals surface area contributed by atoms with E-state index in [2.05, 4.69) is 20.5 Å². The predicted octanol–water partition coefficient (Wildman–Crippen LogP) is 2.17. The van der Waals surface area contributed by atoms with Crippen LogP contribution in [0.2, 0.25) is 0 Å². The van der Waals surface area contributed by atoms with Gasteiger partial charge in [-0.1, -0.05) is 23.9 Å². The van der Waals surface area contributed by atoms with E-state index in [1.54, 1.807) is 19.5 Å². The number of para-hydroxylation sites is 2. The van der Waals surface area contributed by atoms with Gasteiger partial charge in [-0.2, -0.15) is 0 Å². The van der Waals surface area contributed by atoms with Crippen LogP contribution < -0.4 is 14.8 Å². The van der Waals surface area contributed by atoms with E-state index in [1.807, 2.05) is 48.0 Å². The molecule has 8 nitrogen and oxygen atoms in total. The van der Waals surface area contributed by atoms with Gasteiger partial charge >= 0.3 is 0 Å². The van der Waals surface area contributed by atoms with Crippen LogP contribution in [-0.2, 0) is 11.8 Å². The number of nitrogens with zero attached hydrogens (tertiary/aromatic N) is 4. The SMILES string of the molecule is COc1ccccc1OCCNC(=O)CSc1nnc(-c2ccncc2)n1C. The molecule has 1 N–H and O–H groups in total. The fourth-order valence-electron chi connectivity index (χ4n) is 2.46. The topological polar surface area (TPSA) is 91.2 Å². The zero-order valence-electron chi connectivity index (χ0n) is 15.7. The molecule has 28 heavy (non-hydrogen) atoms. The van der Waals surface area contributed by atoms with Crippen molar-refractivity contribution in [2.75, 3.05) is 26.0 Å². The van der Waals surface area contributed by atoms with Crippen LogP contribution in [0.4, 0.5) is 0 Å². The fraction of sp³-hybridized carbons (Fsp3) is 0.263. The van der Waals surface area contributed by atoms with Gasteiger partial charge in [0.2, 0.25) is 5.91 Å². The molecule has 0 fully saturated rings. The lowest BCUT2D eigenvalue weighted by atomic mass is 10.2. The van der Waals surface area contributed by atoms with Crippen molar-refractivity contribution in [2.24, 2.45) is 7.05 Å². The van der Waals surface area contributed by atoms with Crippen LogP contribution in [0.5, 0.6) is 11.5 Å². The van der Waals surface area contributed by atoms with E-state index in [-0.39, 0.29) is 11.7 Å². The summed E-state index contributed by atoms with van der Waals surface area (Å²) in [6.45, 7) is 0.755. The second-order valence-electron chi connectivity index (χ2n) is 5.74. The van der Waals surface area contributed by atoms with E-state index < -0.39 is 0 Å². The first kappa shape index (κ1) is 19.7. The number of aromatic nitrogens is 4. The van der Waals surface area contributed by atoms with Crippen molar-refractivity contribution in [3.8, 4) is 22.9 Å². The predicted molar refractivity (Wildman–Crippen MR) is 106 cm³/mol. The lowest BCUT2D eigenvalue weighted by Gasteiger charge is -2.10. The molecule has 0 aliphatic rings. The average Bonchev–Trinajstić information content (AvgIpc) is 3.11. The second-order valence-corrected chi connectivity index (χ2v) is 6.68. The van der Waals surface area contributed by atoms with Crippen molar-refractivity contribution in [1.29, 1.82) is 0 Å². The van der Waals surface area contributed by atoms with E-state index >= 15 is 0 Å². The van der Waals surface area contributed by atoms with Crippen LogP contribution in [0, 0.1) is 0 Å². The quantitative estimate of drug-likeness (QED) is 0.435. The number of amides is 1.